The molecule has 0 radical (unpaired) electrons. The predicted octanol–water partition coefficient (Wildman–Crippen LogP) is 2.82. The van der Waals surface area contributed by atoms with Crippen LogP contribution in [0, 0.1) is 17.7 Å². The highest BCUT2D eigenvalue weighted by molar-refractivity contribution is 5.96. The zero-order valence-electron chi connectivity index (χ0n) is 12.7. The van der Waals surface area contributed by atoms with Crippen LogP contribution >= 0.6 is 0 Å². The molecule has 0 bridgehead atoms. The van der Waals surface area contributed by atoms with Crippen molar-refractivity contribution < 1.29 is 14.3 Å². The quantitative estimate of drug-likeness (QED) is 0.647. The number of aliphatic hydroxyl groups excluding tert-OH is 1. The molecule has 1 aromatic rings. The smallest absolute Gasteiger partial charge is 0.254 e. The number of rotatable bonds is 6. The molecule has 0 atom stereocenters. The van der Waals surface area contributed by atoms with Crippen molar-refractivity contribution in [1.82, 2.24) is 4.90 Å². The SMILES string of the molecule is CCCCCN(C)C(=O)c1ccc(F)cc1C#CCCO. The largest absolute Gasteiger partial charge is 0.395 e. The highest BCUT2D eigenvalue weighted by atomic mass is 19.1. The van der Waals surface area contributed by atoms with Gasteiger partial charge in [-0.15, -0.1) is 0 Å². The molecule has 0 aliphatic carbocycles. The van der Waals surface area contributed by atoms with Crippen LogP contribution in [-0.2, 0) is 0 Å². The Morgan fingerprint density at radius 1 is 1.38 bits per heavy atom. The molecule has 4 heteroatoms. The van der Waals surface area contributed by atoms with E-state index in [1.54, 1.807) is 11.9 Å². The average Bonchev–Trinajstić information content (AvgIpc) is 2.47. The molecule has 0 saturated carbocycles. The Kier molecular flexibility index (Phi) is 7.49. The number of hydrogen-bond acceptors (Lipinski definition) is 2. The van der Waals surface area contributed by atoms with Gasteiger partial charge in [0.2, 0.25) is 0 Å². The minimum Gasteiger partial charge on any atom is -0.395 e. The second-order valence-electron chi connectivity index (χ2n) is 4.90. The lowest BCUT2D eigenvalue weighted by Crippen LogP contribution is -2.28. The first-order valence-electron chi connectivity index (χ1n) is 7.25. The number of aliphatic hydroxyl groups is 1. The lowest BCUT2D eigenvalue weighted by Gasteiger charge is -2.18. The lowest BCUT2D eigenvalue weighted by molar-refractivity contribution is 0.0792. The van der Waals surface area contributed by atoms with E-state index in [2.05, 4.69) is 18.8 Å². The van der Waals surface area contributed by atoms with Gasteiger partial charge in [-0.25, -0.2) is 4.39 Å². The van der Waals surface area contributed by atoms with Gasteiger partial charge in [0.1, 0.15) is 5.82 Å². The molecule has 21 heavy (non-hydrogen) atoms. The van der Waals surface area contributed by atoms with Crippen LogP contribution in [0.5, 0.6) is 0 Å². The number of benzene rings is 1. The van der Waals surface area contributed by atoms with Crippen LogP contribution in [-0.4, -0.2) is 36.1 Å². The van der Waals surface area contributed by atoms with E-state index in [9.17, 15) is 9.18 Å². The van der Waals surface area contributed by atoms with Gasteiger partial charge in [0.15, 0.2) is 0 Å². The Morgan fingerprint density at radius 3 is 2.81 bits per heavy atom. The van der Waals surface area contributed by atoms with Gasteiger partial charge in [-0.05, 0) is 24.6 Å². The number of nitrogens with zero attached hydrogens (tertiary/aromatic N) is 1. The van der Waals surface area contributed by atoms with Crippen molar-refractivity contribution in [3.63, 3.8) is 0 Å². The zero-order valence-corrected chi connectivity index (χ0v) is 12.7. The van der Waals surface area contributed by atoms with Gasteiger partial charge in [-0.3, -0.25) is 4.79 Å². The zero-order chi connectivity index (χ0) is 15.7. The first-order valence-corrected chi connectivity index (χ1v) is 7.25. The Hall–Kier alpha value is -1.86. The monoisotopic (exact) mass is 291 g/mol. The third-order valence-corrected chi connectivity index (χ3v) is 3.12. The Balaban J connectivity index is 2.90. The third-order valence-electron chi connectivity index (χ3n) is 3.12. The summed E-state index contributed by atoms with van der Waals surface area (Å²) in [5, 5.41) is 8.73. The van der Waals surface area contributed by atoms with E-state index in [0.717, 1.165) is 19.3 Å². The highest BCUT2D eigenvalue weighted by Crippen LogP contribution is 2.13. The molecular weight excluding hydrogens is 269 g/mol. The van der Waals surface area contributed by atoms with Crippen LogP contribution in [0.2, 0.25) is 0 Å². The first kappa shape index (κ1) is 17.2. The third kappa shape index (κ3) is 5.57. The lowest BCUT2D eigenvalue weighted by atomic mass is 10.1. The highest BCUT2D eigenvalue weighted by Gasteiger charge is 2.15. The summed E-state index contributed by atoms with van der Waals surface area (Å²) in [4.78, 5) is 14.0. The number of carbonyl (C=O) groups excluding carboxylic acids is 1. The van der Waals surface area contributed by atoms with Crippen LogP contribution in [0.3, 0.4) is 0 Å². The summed E-state index contributed by atoms with van der Waals surface area (Å²) >= 11 is 0. The molecule has 0 spiro atoms. The fraction of sp³-hybridized carbons (Fsp3) is 0.471. The topological polar surface area (TPSA) is 40.5 Å². The Morgan fingerprint density at radius 2 is 2.14 bits per heavy atom. The minimum absolute atomic E-state index is 0.0531. The van der Waals surface area contributed by atoms with Gasteiger partial charge in [0, 0.05) is 25.6 Å². The van der Waals surface area contributed by atoms with Crippen LogP contribution in [0.25, 0.3) is 0 Å². The van der Waals surface area contributed by atoms with Crippen molar-refractivity contribution in [3.05, 3.63) is 35.1 Å². The normalized spacial score (nSPS) is 9.90. The van der Waals surface area contributed by atoms with E-state index < -0.39 is 5.82 Å². The van der Waals surface area contributed by atoms with Gasteiger partial charge >= 0.3 is 0 Å². The molecule has 0 heterocycles. The fourth-order valence-electron chi connectivity index (χ4n) is 1.93. The van der Waals surface area contributed by atoms with Gasteiger partial charge in [0.25, 0.3) is 5.91 Å². The van der Waals surface area contributed by atoms with Crippen molar-refractivity contribution in [1.29, 1.82) is 0 Å². The first-order chi connectivity index (χ1) is 10.1. The molecule has 1 N–H and O–H groups in total. The molecule has 0 unspecified atom stereocenters. The standard InChI is InChI=1S/C17H22FNO2/c1-3-4-6-11-19(2)17(21)16-10-9-15(18)13-14(16)8-5-7-12-20/h9-10,13,20H,3-4,6-7,11-12H2,1-2H3. The molecule has 1 aromatic carbocycles. The van der Waals surface area contributed by atoms with Gasteiger partial charge in [-0.2, -0.15) is 0 Å². The molecule has 0 aliphatic heterocycles. The maximum absolute atomic E-state index is 13.3. The van der Waals surface area contributed by atoms with Crippen LogP contribution in [0.15, 0.2) is 18.2 Å². The molecule has 0 fully saturated rings. The van der Waals surface area contributed by atoms with E-state index in [4.69, 9.17) is 5.11 Å². The molecule has 0 aliphatic rings. The summed E-state index contributed by atoms with van der Waals surface area (Å²) in [5.74, 6) is 4.91. The molecular formula is C17H22FNO2. The van der Waals surface area contributed by atoms with Crippen LogP contribution in [0.4, 0.5) is 4.39 Å². The van der Waals surface area contributed by atoms with Crippen LogP contribution < -0.4 is 0 Å². The number of amides is 1. The van der Waals surface area contributed by atoms with E-state index in [-0.39, 0.29) is 12.5 Å². The second kappa shape index (κ2) is 9.15. The Labute approximate surface area is 125 Å². The molecule has 0 saturated heterocycles. The van der Waals surface area contributed by atoms with E-state index >= 15 is 0 Å². The summed E-state index contributed by atoms with van der Waals surface area (Å²) in [6.07, 6.45) is 3.42. The number of halogens is 1. The summed E-state index contributed by atoms with van der Waals surface area (Å²) < 4.78 is 13.3. The molecule has 1 rings (SSSR count). The van der Waals surface area contributed by atoms with Crippen molar-refractivity contribution in [2.75, 3.05) is 20.2 Å². The molecule has 3 nitrogen and oxygen atoms in total. The van der Waals surface area contributed by atoms with E-state index in [1.807, 2.05) is 0 Å². The Bertz CT molecular complexity index is 531. The maximum Gasteiger partial charge on any atom is 0.254 e. The molecule has 114 valence electrons. The number of carbonyl (C=O) groups is 1. The molecule has 1 amide bonds. The van der Waals surface area contributed by atoms with Gasteiger partial charge in [-0.1, -0.05) is 31.6 Å². The predicted molar refractivity (Wildman–Crippen MR) is 81.5 cm³/mol. The molecule has 0 aromatic heterocycles. The van der Waals surface area contributed by atoms with Gasteiger partial charge < -0.3 is 10.0 Å². The van der Waals surface area contributed by atoms with Crippen molar-refractivity contribution in [2.24, 2.45) is 0 Å². The fourth-order valence-corrected chi connectivity index (χ4v) is 1.93. The maximum atomic E-state index is 13.3. The van der Waals surface area contributed by atoms with Crippen molar-refractivity contribution >= 4 is 5.91 Å². The summed E-state index contributed by atoms with van der Waals surface area (Å²) in [6, 6.07) is 4.00. The van der Waals surface area contributed by atoms with E-state index in [0.29, 0.717) is 24.1 Å². The van der Waals surface area contributed by atoms with Crippen molar-refractivity contribution in [3.8, 4) is 11.8 Å². The number of unbranched alkanes of at least 4 members (excludes halogenated alkanes) is 2. The summed E-state index contributed by atoms with van der Waals surface area (Å²) in [7, 11) is 1.74. The average molecular weight is 291 g/mol. The van der Waals surface area contributed by atoms with Crippen LogP contribution in [0.1, 0.15) is 48.5 Å². The summed E-state index contributed by atoms with van der Waals surface area (Å²) in [5.41, 5.74) is 0.775. The summed E-state index contributed by atoms with van der Waals surface area (Å²) in [6.45, 7) is 2.73. The van der Waals surface area contributed by atoms with Crippen molar-refractivity contribution in [2.45, 2.75) is 32.6 Å². The number of hydrogen-bond donors (Lipinski definition) is 1. The van der Waals surface area contributed by atoms with E-state index in [1.165, 1.54) is 18.2 Å². The second-order valence-corrected chi connectivity index (χ2v) is 4.90. The minimum atomic E-state index is -0.423. The van der Waals surface area contributed by atoms with Gasteiger partial charge in [0.05, 0.1) is 12.2 Å².